The van der Waals surface area contributed by atoms with Crippen LogP contribution >= 0.6 is 0 Å². The van der Waals surface area contributed by atoms with Gasteiger partial charge in [-0.05, 0) is 39.0 Å². The first-order valence-electron chi connectivity index (χ1n) is 9.19. The number of unbranched alkanes of at least 4 members (excludes halogenated alkanes) is 2. The van der Waals surface area contributed by atoms with Crippen LogP contribution in [0.15, 0.2) is 24.8 Å². The SMILES string of the molecule is C=C(C)C(=O)OCCCCCC(=O)O.C=CC(=O)OC(CC)(CCC)C(=O)O. The summed E-state index contributed by atoms with van der Waals surface area (Å²) in [5.74, 6) is -2.97. The minimum absolute atomic E-state index is 0.175. The fourth-order valence-electron chi connectivity index (χ4n) is 2.08. The predicted molar refractivity (Wildman–Crippen MR) is 104 cm³/mol. The first kappa shape index (κ1) is 27.6. The van der Waals surface area contributed by atoms with Gasteiger partial charge in [-0.2, -0.15) is 0 Å². The average Bonchev–Trinajstić information content (AvgIpc) is 2.63. The van der Waals surface area contributed by atoms with Crippen molar-refractivity contribution in [1.29, 1.82) is 0 Å². The number of aliphatic carboxylic acids is 2. The monoisotopic (exact) mass is 400 g/mol. The Morgan fingerprint density at radius 1 is 1.07 bits per heavy atom. The van der Waals surface area contributed by atoms with Crippen molar-refractivity contribution in [3.8, 4) is 0 Å². The van der Waals surface area contributed by atoms with Crippen molar-refractivity contribution in [2.45, 2.75) is 71.3 Å². The number of carboxylic acid groups (broad SMARTS) is 2. The van der Waals surface area contributed by atoms with Crippen LogP contribution in [0.2, 0.25) is 0 Å². The van der Waals surface area contributed by atoms with Gasteiger partial charge < -0.3 is 19.7 Å². The lowest BCUT2D eigenvalue weighted by atomic mass is 9.95. The second kappa shape index (κ2) is 15.4. The number of ether oxygens (including phenoxy) is 2. The summed E-state index contributed by atoms with van der Waals surface area (Å²) in [6.07, 6.45) is 4.46. The maximum atomic E-state index is 11.0. The molecule has 8 nitrogen and oxygen atoms in total. The van der Waals surface area contributed by atoms with Crippen molar-refractivity contribution in [1.82, 2.24) is 0 Å². The highest BCUT2D eigenvalue weighted by atomic mass is 16.6. The molecule has 0 saturated carbocycles. The van der Waals surface area contributed by atoms with E-state index in [0.717, 1.165) is 12.5 Å². The smallest absolute Gasteiger partial charge is 0.348 e. The molecule has 0 fully saturated rings. The van der Waals surface area contributed by atoms with E-state index < -0.39 is 23.5 Å². The van der Waals surface area contributed by atoms with E-state index in [2.05, 4.69) is 13.2 Å². The van der Waals surface area contributed by atoms with E-state index in [-0.39, 0.29) is 18.8 Å². The van der Waals surface area contributed by atoms with E-state index in [0.29, 0.717) is 37.9 Å². The first-order chi connectivity index (χ1) is 13.1. The molecule has 0 rings (SSSR count). The normalized spacial score (nSPS) is 11.8. The van der Waals surface area contributed by atoms with Crippen LogP contribution in [0, 0.1) is 0 Å². The Labute approximate surface area is 166 Å². The lowest BCUT2D eigenvalue weighted by Gasteiger charge is -2.26. The van der Waals surface area contributed by atoms with Gasteiger partial charge in [0.25, 0.3) is 0 Å². The Kier molecular flexibility index (Phi) is 15.2. The zero-order chi connectivity index (χ0) is 22.2. The fraction of sp³-hybridized carbons (Fsp3) is 0.600. The molecule has 0 saturated heterocycles. The number of rotatable bonds is 13. The molecule has 0 aliphatic rings. The summed E-state index contributed by atoms with van der Waals surface area (Å²) in [5, 5.41) is 17.3. The molecule has 0 aromatic heterocycles. The largest absolute Gasteiger partial charge is 0.481 e. The number of hydrogen-bond donors (Lipinski definition) is 2. The molecule has 0 bridgehead atoms. The van der Waals surface area contributed by atoms with Gasteiger partial charge in [0.1, 0.15) is 0 Å². The highest BCUT2D eigenvalue weighted by Crippen LogP contribution is 2.23. The minimum atomic E-state index is -1.39. The summed E-state index contributed by atoms with van der Waals surface area (Å²) >= 11 is 0. The molecule has 2 N–H and O–H groups in total. The van der Waals surface area contributed by atoms with Gasteiger partial charge in [0.2, 0.25) is 5.60 Å². The fourth-order valence-corrected chi connectivity index (χ4v) is 2.08. The second-order valence-electron chi connectivity index (χ2n) is 6.15. The van der Waals surface area contributed by atoms with Crippen molar-refractivity contribution in [2.75, 3.05) is 6.61 Å². The Morgan fingerprint density at radius 3 is 2.07 bits per heavy atom. The van der Waals surface area contributed by atoms with E-state index in [1.54, 1.807) is 13.8 Å². The zero-order valence-electron chi connectivity index (χ0n) is 17.0. The molecule has 0 aromatic rings. The third-order valence-electron chi connectivity index (χ3n) is 3.69. The molecule has 0 radical (unpaired) electrons. The molecule has 1 atom stereocenters. The molecule has 0 amide bonds. The Hall–Kier alpha value is -2.64. The maximum absolute atomic E-state index is 11.0. The van der Waals surface area contributed by atoms with E-state index in [4.69, 9.17) is 19.7 Å². The average molecular weight is 400 g/mol. The summed E-state index contributed by atoms with van der Waals surface area (Å²) < 4.78 is 9.71. The minimum Gasteiger partial charge on any atom is -0.481 e. The maximum Gasteiger partial charge on any atom is 0.348 e. The van der Waals surface area contributed by atoms with Crippen molar-refractivity contribution in [3.05, 3.63) is 24.8 Å². The molecule has 160 valence electrons. The third-order valence-corrected chi connectivity index (χ3v) is 3.69. The van der Waals surface area contributed by atoms with Crippen LogP contribution in [0.4, 0.5) is 0 Å². The molecule has 0 aromatic carbocycles. The van der Waals surface area contributed by atoms with Crippen molar-refractivity contribution >= 4 is 23.9 Å². The molecular formula is C20H32O8. The lowest BCUT2D eigenvalue weighted by molar-refractivity contribution is -0.176. The van der Waals surface area contributed by atoms with Gasteiger partial charge in [0.15, 0.2) is 0 Å². The molecule has 8 heteroatoms. The van der Waals surface area contributed by atoms with Crippen molar-refractivity contribution in [2.24, 2.45) is 0 Å². The molecule has 0 heterocycles. The van der Waals surface area contributed by atoms with Gasteiger partial charge in [0.05, 0.1) is 6.61 Å². The van der Waals surface area contributed by atoms with Gasteiger partial charge in [-0.25, -0.2) is 14.4 Å². The van der Waals surface area contributed by atoms with Crippen LogP contribution in [0.3, 0.4) is 0 Å². The summed E-state index contributed by atoms with van der Waals surface area (Å²) in [6, 6.07) is 0. The van der Waals surface area contributed by atoms with Crippen LogP contribution in [0.1, 0.15) is 65.7 Å². The van der Waals surface area contributed by atoms with Crippen molar-refractivity contribution < 1.29 is 38.9 Å². The number of carboxylic acids is 2. The molecule has 0 spiro atoms. The van der Waals surface area contributed by atoms with E-state index in [1.807, 2.05) is 6.92 Å². The number of carbonyl (C=O) groups is 4. The Morgan fingerprint density at radius 2 is 1.68 bits per heavy atom. The van der Waals surface area contributed by atoms with Crippen LogP contribution < -0.4 is 0 Å². The molecule has 0 aliphatic carbocycles. The zero-order valence-corrected chi connectivity index (χ0v) is 17.0. The van der Waals surface area contributed by atoms with Gasteiger partial charge in [0, 0.05) is 18.1 Å². The van der Waals surface area contributed by atoms with Gasteiger partial charge in [-0.3, -0.25) is 4.79 Å². The Bertz CT molecular complexity index is 552. The Balaban J connectivity index is 0. The highest BCUT2D eigenvalue weighted by molar-refractivity contribution is 5.87. The van der Waals surface area contributed by atoms with E-state index in [9.17, 15) is 19.2 Å². The van der Waals surface area contributed by atoms with Crippen LogP contribution in [-0.4, -0.2) is 46.3 Å². The topological polar surface area (TPSA) is 127 Å². The first-order valence-corrected chi connectivity index (χ1v) is 9.19. The number of esters is 2. The van der Waals surface area contributed by atoms with Crippen LogP contribution in [0.25, 0.3) is 0 Å². The van der Waals surface area contributed by atoms with Gasteiger partial charge in [-0.15, -0.1) is 0 Å². The van der Waals surface area contributed by atoms with Gasteiger partial charge >= 0.3 is 23.9 Å². The van der Waals surface area contributed by atoms with Gasteiger partial charge in [-0.1, -0.05) is 33.4 Å². The van der Waals surface area contributed by atoms with E-state index in [1.165, 1.54) is 0 Å². The summed E-state index contributed by atoms with van der Waals surface area (Å²) in [5.41, 5.74) is -1.00. The predicted octanol–water partition coefficient (Wildman–Crippen LogP) is 3.50. The number of carbonyl (C=O) groups excluding carboxylic acids is 2. The molecule has 1 unspecified atom stereocenters. The standard InChI is InChI=1S/2C10H16O4/c1-8(2)10(13)14-7-5-3-4-6-9(11)12;1-4-7-10(6-3,9(12)13)14-8(11)5-2/h1,3-7H2,2H3,(H,11,12);5H,2,4,6-7H2,1,3H3,(H,12,13). The van der Waals surface area contributed by atoms with Crippen LogP contribution in [0.5, 0.6) is 0 Å². The quantitative estimate of drug-likeness (QED) is 0.273. The van der Waals surface area contributed by atoms with E-state index >= 15 is 0 Å². The third kappa shape index (κ3) is 12.7. The van der Waals surface area contributed by atoms with Crippen LogP contribution in [-0.2, 0) is 28.7 Å². The summed E-state index contributed by atoms with van der Waals surface area (Å²) in [6.45, 7) is 12.1. The lowest BCUT2D eigenvalue weighted by Crippen LogP contribution is -2.42. The molecule has 0 aliphatic heterocycles. The highest BCUT2D eigenvalue weighted by Gasteiger charge is 2.39. The molecule has 28 heavy (non-hydrogen) atoms. The molecular weight excluding hydrogens is 368 g/mol. The second-order valence-corrected chi connectivity index (χ2v) is 6.15. The number of hydrogen-bond acceptors (Lipinski definition) is 6. The van der Waals surface area contributed by atoms with Crippen molar-refractivity contribution in [3.63, 3.8) is 0 Å². The summed E-state index contributed by atoms with van der Waals surface area (Å²) in [7, 11) is 0. The summed E-state index contributed by atoms with van der Waals surface area (Å²) in [4.78, 5) is 42.9.